The fourth-order valence-corrected chi connectivity index (χ4v) is 5.32. The average molecular weight is 415 g/mol. The van der Waals surface area contributed by atoms with Crippen molar-refractivity contribution in [1.29, 1.82) is 0 Å². The molecule has 30 heavy (non-hydrogen) atoms. The lowest BCUT2D eigenvalue weighted by molar-refractivity contribution is -0.141. The third-order valence-electron chi connectivity index (χ3n) is 7.21. The molecule has 0 bridgehead atoms. The van der Waals surface area contributed by atoms with Crippen molar-refractivity contribution in [3.8, 4) is 5.75 Å². The predicted octanol–water partition coefficient (Wildman–Crippen LogP) is 7.12. The van der Waals surface area contributed by atoms with E-state index in [0.29, 0.717) is 17.8 Å². The Kier molecular flexibility index (Phi) is 9.71. The standard InChI is InChI=1S/C27H42O3/c1-3-5-7-9-21-10-15-25(16-11-21)30-27(28)24-13-12-23-20-26(17-14-22(23)19-24)29-18-8-6-4-2/h10-11,15-16,22-24,26H,3-9,12-14,17-20H2,1-2H3/t22?,23-,24-,26?/m1/s1. The van der Waals surface area contributed by atoms with Crippen molar-refractivity contribution in [3.05, 3.63) is 29.8 Å². The van der Waals surface area contributed by atoms with Crippen LogP contribution >= 0.6 is 0 Å². The van der Waals surface area contributed by atoms with E-state index in [0.717, 1.165) is 44.6 Å². The molecule has 0 aromatic heterocycles. The summed E-state index contributed by atoms with van der Waals surface area (Å²) in [4.78, 5) is 12.8. The Morgan fingerprint density at radius 1 is 0.867 bits per heavy atom. The second kappa shape index (κ2) is 12.5. The van der Waals surface area contributed by atoms with E-state index in [-0.39, 0.29) is 11.9 Å². The zero-order valence-electron chi connectivity index (χ0n) is 19.2. The highest BCUT2D eigenvalue weighted by Crippen LogP contribution is 2.44. The highest BCUT2D eigenvalue weighted by molar-refractivity contribution is 5.75. The Balaban J connectivity index is 1.40. The van der Waals surface area contributed by atoms with E-state index >= 15 is 0 Å². The smallest absolute Gasteiger partial charge is 0.314 e. The van der Waals surface area contributed by atoms with Crippen molar-refractivity contribution in [2.75, 3.05) is 6.61 Å². The molecule has 0 N–H and O–H groups in total. The minimum Gasteiger partial charge on any atom is -0.426 e. The average Bonchev–Trinajstić information content (AvgIpc) is 2.77. The van der Waals surface area contributed by atoms with E-state index in [1.807, 2.05) is 12.1 Å². The number of hydrogen-bond acceptors (Lipinski definition) is 3. The predicted molar refractivity (Wildman–Crippen MR) is 123 cm³/mol. The minimum atomic E-state index is -0.0230. The van der Waals surface area contributed by atoms with Crippen molar-refractivity contribution in [1.82, 2.24) is 0 Å². The van der Waals surface area contributed by atoms with Gasteiger partial charge in [-0.2, -0.15) is 0 Å². The van der Waals surface area contributed by atoms with Crippen LogP contribution in [-0.2, 0) is 16.0 Å². The van der Waals surface area contributed by atoms with E-state index in [1.54, 1.807) is 0 Å². The van der Waals surface area contributed by atoms with Gasteiger partial charge in [-0.1, -0.05) is 51.7 Å². The van der Waals surface area contributed by atoms with Crippen molar-refractivity contribution in [2.24, 2.45) is 17.8 Å². The molecule has 3 rings (SSSR count). The monoisotopic (exact) mass is 414 g/mol. The van der Waals surface area contributed by atoms with Crippen LogP contribution in [0.1, 0.15) is 96.5 Å². The Hall–Kier alpha value is -1.35. The number of rotatable bonds is 11. The zero-order chi connectivity index (χ0) is 21.2. The number of carbonyl (C=O) groups excluding carboxylic acids is 1. The highest BCUT2D eigenvalue weighted by atomic mass is 16.5. The normalized spacial score (nSPS) is 26.2. The fraction of sp³-hybridized carbons (Fsp3) is 0.741. The Bertz CT molecular complexity index is 624. The van der Waals surface area contributed by atoms with Crippen molar-refractivity contribution < 1.29 is 14.3 Å². The minimum absolute atomic E-state index is 0.0230. The molecule has 1 aromatic carbocycles. The second-order valence-electron chi connectivity index (χ2n) is 9.57. The van der Waals surface area contributed by atoms with Crippen LogP contribution in [0.5, 0.6) is 5.75 Å². The van der Waals surface area contributed by atoms with Crippen molar-refractivity contribution >= 4 is 5.97 Å². The maximum Gasteiger partial charge on any atom is 0.314 e. The van der Waals surface area contributed by atoms with Crippen molar-refractivity contribution in [2.45, 2.75) is 103 Å². The lowest BCUT2D eigenvalue weighted by atomic mass is 9.67. The molecule has 2 saturated carbocycles. The molecule has 3 heteroatoms. The first-order valence-corrected chi connectivity index (χ1v) is 12.6. The van der Waals surface area contributed by atoms with Gasteiger partial charge in [-0.25, -0.2) is 0 Å². The van der Waals surface area contributed by atoms with E-state index in [4.69, 9.17) is 9.47 Å². The molecule has 168 valence electrons. The van der Waals surface area contributed by atoms with Crippen LogP contribution in [0.3, 0.4) is 0 Å². The van der Waals surface area contributed by atoms with E-state index < -0.39 is 0 Å². The second-order valence-corrected chi connectivity index (χ2v) is 9.57. The third kappa shape index (κ3) is 7.11. The van der Waals surface area contributed by atoms with Gasteiger partial charge in [-0.05, 0) is 87.3 Å². The van der Waals surface area contributed by atoms with E-state index in [9.17, 15) is 4.79 Å². The Morgan fingerprint density at radius 2 is 1.57 bits per heavy atom. The molecular weight excluding hydrogens is 372 g/mol. The van der Waals surface area contributed by atoms with E-state index in [1.165, 1.54) is 56.9 Å². The van der Waals surface area contributed by atoms with Gasteiger partial charge in [0.1, 0.15) is 5.75 Å². The molecule has 0 radical (unpaired) electrons. The molecule has 0 saturated heterocycles. The number of benzene rings is 1. The van der Waals surface area contributed by atoms with Crippen molar-refractivity contribution in [3.63, 3.8) is 0 Å². The van der Waals surface area contributed by atoms with Gasteiger partial charge in [-0.3, -0.25) is 4.79 Å². The number of hydrogen-bond donors (Lipinski definition) is 0. The number of esters is 1. The zero-order valence-corrected chi connectivity index (χ0v) is 19.2. The molecule has 0 aliphatic heterocycles. The summed E-state index contributed by atoms with van der Waals surface area (Å²) in [7, 11) is 0. The lowest BCUT2D eigenvalue weighted by Gasteiger charge is -2.41. The first-order valence-electron chi connectivity index (χ1n) is 12.6. The summed E-state index contributed by atoms with van der Waals surface area (Å²) in [6.45, 7) is 5.38. The van der Waals surface area contributed by atoms with Gasteiger partial charge < -0.3 is 9.47 Å². The molecular formula is C27H42O3. The number of aryl methyl sites for hydroxylation is 1. The number of fused-ring (bicyclic) bond motifs is 1. The molecule has 1 aromatic rings. The number of ether oxygens (including phenoxy) is 2. The summed E-state index contributed by atoms with van der Waals surface area (Å²) in [6, 6.07) is 8.14. The van der Waals surface area contributed by atoms with Gasteiger partial charge in [0.05, 0.1) is 12.0 Å². The summed E-state index contributed by atoms with van der Waals surface area (Å²) in [5, 5.41) is 0. The third-order valence-corrected chi connectivity index (χ3v) is 7.21. The van der Waals surface area contributed by atoms with Crippen LogP contribution in [0.15, 0.2) is 24.3 Å². The molecule has 0 amide bonds. The molecule has 0 spiro atoms. The topological polar surface area (TPSA) is 35.5 Å². The summed E-state index contributed by atoms with van der Waals surface area (Å²) in [5.74, 6) is 2.15. The van der Waals surface area contributed by atoms with Crippen LogP contribution < -0.4 is 4.74 Å². The fourth-order valence-electron chi connectivity index (χ4n) is 5.32. The summed E-state index contributed by atoms with van der Waals surface area (Å²) in [5.41, 5.74) is 1.33. The Morgan fingerprint density at radius 3 is 2.33 bits per heavy atom. The van der Waals surface area contributed by atoms with Crippen LogP contribution in [0.2, 0.25) is 0 Å². The van der Waals surface area contributed by atoms with E-state index in [2.05, 4.69) is 26.0 Å². The first-order chi connectivity index (χ1) is 14.7. The van der Waals surface area contributed by atoms with Gasteiger partial charge in [0.2, 0.25) is 0 Å². The maximum absolute atomic E-state index is 12.8. The van der Waals surface area contributed by atoms with Crippen LogP contribution in [0.4, 0.5) is 0 Å². The molecule has 2 aliphatic carbocycles. The van der Waals surface area contributed by atoms with Crippen LogP contribution in [0, 0.1) is 17.8 Å². The largest absolute Gasteiger partial charge is 0.426 e. The summed E-state index contributed by atoms with van der Waals surface area (Å²) >= 11 is 0. The molecule has 2 aliphatic rings. The van der Waals surface area contributed by atoms with Gasteiger partial charge in [0.25, 0.3) is 0 Å². The molecule has 3 nitrogen and oxygen atoms in total. The Labute approximate surface area is 183 Å². The number of unbranched alkanes of at least 4 members (excludes halogenated alkanes) is 4. The maximum atomic E-state index is 12.8. The quantitative estimate of drug-likeness (QED) is 0.220. The molecule has 4 atom stereocenters. The first kappa shape index (κ1) is 23.3. The van der Waals surface area contributed by atoms with Crippen LogP contribution in [-0.4, -0.2) is 18.7 Å². The van der Waals surface area contributed by atoms with Gasteiger partial charge in [-0.15, -0.1) is 0 Å². The SMILES string of the molecule is CCCCCOC1CCC2C[C@H](C(=O)Oc3ccc(CCCCC)cc3)CC[C@@H]2C1. The van der Waals surface area contributed by atoms with Gasteiger partial charge in [0.15, 0.2) is 0 Å². The van der Waals surface area contributed by atoms with Crippen LogP contribution in [0.25, 0.3) is 0 Å². The molecule has 2 fully saturated rings. The molecule has 2 unspecified atom stereocenters. The lowest BCUT2D eigenvalue weighted by Crippen LogP contribution is -2.37. The number of carbonyl (C=O) groups is 1. The summed E-state index contributed by atoms with van der Waals surface area (Å²) in [6.07, 6.45) is 15.7. The van der Waals surface area contributed by atoms with Gasteiger partial charge in [0, 0.05) is 6.61 Å². The van der Waals surface area contributed by atoms with Gasteiger partial charge >= 0.3 is 5.97 Å². The highest BCUT2D eigenvalue weighted by Gasteiger charge is 2.38. The molecule has 0 heterocycles. The summed E-state index contributed by atoms with van der Waals surface area (Å²) < 4.78 is 11.9.